The zero-order chi connectivity index (χ0) is 14.8. The Morgan fingerprint density at radius 3 is 2.68 bits per heavy atom. The van der Waals surface area contributed by atoms with Crippen LogP contribution in [0.5, 0.6) is 0 Å². The summed E-state index contributed by atoms with van der Waals surface area (Å²) < 4.78 is 0. The lowest BCUT2D eigenvalue weighted by molar-refractivity contribution is 0.245. The number of aromatic amines is 1. The molecule has 4 nitrogen and oxygen atoms in total. The molecule has 0 radical (unpaired) electrons. The van der Waals surface area contributed by atoms with Crippen LogP contribution >= 0.6 is 0 Å². The molecule has 4 rings (SSSR count). The number of hydrogen-bond acceptors (Lipinski definition) is 3. The maximum Gasteiger partial charge on any atom is 0.0969 e. The minimum absolute atomic E-state index is 0.943. The molecule has 0 atom stereocenters. The fraction of sp³-hybridized carbons (Fsp3) is 0.222. The Kier molecular flexibility index (Phi) is 3.45. The molecule has 1 aliphatic heterocycles. The van der Waals surface area contributed by atoms with E-state index in [4.69, 9.17) is 0 Å². The van der Waals surface area contributed by atoms with Crippen molar-refractivity contribution in [1.29, 1.82) is 0 Å². The standard InChI is InChI=1S/C18H18N4/c1-2-4-14(5-3-1)12-22-11-8-17-16(13-22)18(21-20-17)15-6-9-19-10-7-15/h1-7,9-10H,8,11-13H2,(H,20,21). The van der Waals surface area contributed by atoms with E-state index in [-0.39, 0.29) is 0 Å². The first-order valence-corrected chi connectivity index (χ1v) is 7.63. The van der Waals surface area contributed by atoms with Crippen molar-refractivity contribution in [1.82, 2.24) is 20.1 Å². The molecule has 4 heteroatoms. The van der Waals surface area contributed by atoms with Crippen LogP contribution in [0.25, 0.3) is 11.3 Å². The number of nitrogens with one attached hydrogen (secondary N) is 1. The lowest BCUT2D eigenvalue weighted by atomic mass is 10.0. The van der Waals surface area contributed by atoms with E-state index in [0.29, 0.717) is 0 Å². The van der Waals surface area contributed by atoms with Crippen LogP contribution in [-0.4, -0.2) is 26.6 Å². The molecular formula is C18H18N4. The quantitative estimate of drug-likeness (QED) is 0.806. The number of nitrogens with zero attached hydrogens (tertiary/aromatic N) is 3. The molecule has 0 bridgehead atoms. The number of H-pyrrole nitrogens is 1. The molecule has 1 aliphatic rings. The van der Waals surface area contributed by atoms with Gasteiger partial charge in [0, 0.05) is 55.3 Å². The molecule has 0 unspecified atom stereocenters. The summed E-state index contributed by atoms with van der Waals surface area (Å²) in [5, 5.41) is 7.74. The van der Waals surface area contributed by atoms with E-state index < -0.39 is 0 Å². The van der Waals surface area contributed by atoms with Crippen molar-refractivity contribution < 1.29 is 0 Å². The number of hydrogen-bond donors (Lipinski definition) is 1. The molecule has 22 heavy (non-hydrogen) atoms. The van der Waals surface area contributed by atoms with E-state index in [1.165, 1.54) is 16.8 Å². The number of pyridine rings is 1. The Morgan fingerprint density at radius 2 is 1.86 bits per heavy atom. The predicted molar refractivity (Wildman–Crippen MR) is 86.1 cm³/mol. The minimum atomic E-state index is 0.943. The smallest absolute Gasteiger partial charge is 0.0969 e. The largest absolute Gasteiger partial charge is 0.294 e. The zero-order valence-corrected chi connectivity index (χ0v) is 12.4. The average Bonchev–Trinajstić information content (AvgIpc) is 3.00. The number of fused-ring (bicyclic) bond motifs is 1. The maximum atomic E-state index is 4.53. The Labute approximate surface area is 129 Å². The van der Waals surface area contributed by atoms with E-state index in [1.54, 1.807) is 0 Å². The first-order chi connectivity index (χ1) is 10.9. The van der Waals surface area contributed by atoms with Gasteiger partial charge in [-0.05, 0) is 17.7 Å². The summed E-state index contributed by atoms with van der Waals surface area (Å²) in [4.78, 5) is 6.57. The second-order valence-corrected chi connectivity index (χ2v) is 5.71. The second kappa shape index (κ2) is 5.73. The van der Waals surface area contributed by atoms with Crippen molar-refractivity contribution in [2.75, 3.05) is 6.54 Å². The summed E-state index contributed by atoms with van der Waals surface area (Å²) in [5.74, 6) is 0. The van der Waals surface area contributed by atoms with E-state index in [2.05, 4.69) is 50.4 Å². The summed E-state index contributed by atoms with van der Waals surface area (Å²) in [6.45, 7) is 3.00. The molecular weight excluding hydrogens is 272 g/mol. The van der Waals surface area contributed by atoms with Crippen molar-refractivity contribution in [3.05, 3.63) is 71.7 Å². The highest BCUT2D eigenvalue weighted by molar-refractivity contribution is 5.63. The fourth-order valence-electron chi connectivity index (χ4n) is 3.08. The van der Waals surface area contributed by atoms with E-state index in [1.807, 2.05) is 24.5 Å². The van der Waals surface area contributed by atoms with Crippen LogP contribution in [-0.2, 0) is 19.5 Å². The molecule has 0 fully saturated rings. The van der Waals surface area contributed by atoms with Crippen LogP contribution in [0.4, 0.5) is 0 Å². The van der Waals surface area contributed by atoms with Gasteiger partial charge in [-0.1, -0.05) is 30.3 Å². The predicted octanol–water partition coefficient (Wildman–Crippen LogP) is 3.03. The first-order valence-electron chi connectivity index (χ1n) is 7.63. The summed E-state index contributed by atoms with van der Waals surface area (Å²) >= 11 is 0. The fourth-order valence-corrected chi connectivity index (χ4v) is 3.08. The number of benzene rings is 1. The maximum absolute atomic E-state index is 4.53. The monoisotopic (exact) mass is 290 g/mol. The lowest BCUT2D eigenvalue weighted by Crippen LogP contribution is -2.29. The Morgan fingerprint density at radius 1 is 1.05 bits per heavy atom. The van der Waals surface area contributed by atoms with Crippen molar-refractivity contribution in [2.45, 2.75) is 19.5 Å². The van der Waals surface area contributed by atoms with Crippen molar-refractivity contribution in [2.24, 2.45) is 0 Å². The third-order valence-electron chi connectivity index (χ3n) is 4.22. The molecule has 1 N–H and O–H groups in total. The van der Waals surface area contributed by atoms with Crippen LogP contribution in [0.1, 0.15) is 16.8 Å². The van der Waals surface area contributed by atoms with Gasteiger partial charge in [-0.3, -0.25) is 15.0 Å². The highest BCUT2D eigenvalue weighted by Crippen LogP contribution is 2.28. The van der Waals surface area contributed by atoms with Gasteiger partial charge in [0.1, 0.15) is 0 Å². The highest BCUT2D eigenvalue weighted by Gasteiger charge is 2.22. The Bertz CT molecular complexity index is 749. The van der Waals surface area contributed by atoms with Crippen molar-refractivity contribution in [3.8, 4) is 11.3 Å². The third kappa shape index (κ3) is 2.53. The van der Waals surface area contributed by atoms with Gasteiger partial charge >= 0.3 is 0 Å². The first kappa shape index (κ1) is 13.2. The molecule has 3 aromatic rings. The van der Waals surface area contributed by atoms with Crippen LogP contribution in [0.15, 0.2) is 54.9 Å². The average molecular weight is 290 g/mol. The van der Waals surface area contributed by atoms with Crippen LogP contribution in [0, 0.1) is 0 Å². The van der Waals surface area contributed by atoms with Crippen molar-refractivity contribution in [3.63, 3.8) is 0 Å². The normalized spacial score (nSPS) is 14.7. The van der Waals surface area contributed by atoms with Gasteiger partial charge in [0.25, 0.3) is 0 Å². The molecule has 1 aromatic carbocycles. The van der Waals surface area contributed by atoms with Crippen molar-refractivity contribution >= 4 is 0 Å². The van der Waals surface area contributed by atoms with E-state index in [0.717, 1.165) is 37.3 Å². The molecule has 0 saturated heterocycles. The van der Waals surface area contributed by atoms with Gasteiger partial charge in [-0.25, -0.2) is 0 Å². The number of aromatic nitrogens is 3. The minimum Gasteiger partial charge on any atom is -0.294 e. The molecule has 110 valence electrons. The second-order valence-electron chi connectivity index (χ2n) is 5.71. The van der Waals surface area contributed by atoms with Crippen LogP contribution in [0.2, 0.25) is 0 Å². The van der Waals surface area contributed by atoms with Gasteiger partial charge in [-0.15, -0.1) is 0 Å². The molecule has 3 heterocycles. The Balaban J connectivity index is 1.59. The van der Waals surface area contributed by atoms with Gasteiger partial charge in [0.15, 0.2) is 0 Å². The topological polar surface area (TPSA) is 44.8 Å². The van der Waals surface area contributed by atoms with Gasteiger partial charge in [0.05, 0.1) is 5.69 Å². The highest BCUT2D eigenvalue weighted by atomic mass is 15.2. The molecule has 0 spiro atoms. The van der Waals surface area contributed by atoms with Gasteiger partial charge < -0.3 is 0 Å². The molecule has 0 amide bonds. The third-order valence-corrected chi connectivity index (χ3v) is 4.22. The SMILES string of the molecule is c1ccc(CN2CCc3[nH]nc(-c4ccncc4)c3C2)cc1. The van der Waals surface area contributed by atoms with E-state index in [9.17, 15) is 0 Å². The molecule has 2 aromatic heterocycles. The summed E-state index contributed by atoms with van der Waals surface area (Å²) in [6, 6.07) is 14.7. The number of rotatable bonds is 3. The van der Waals surface area contributed by atoms with Gasteiger partial charge in [-0.2, -0.15) is 5.10 Å². The lowest BCUT2D eigenvalue weighted by Gasteiger charge is -2.27. The van der Waals surface area contributed by atoms with Crippen LogP contribution in [0.3, 0.4) is 0 Å². The van der Waals surface area contributed by atoms with Crippen LogP contribution < -0.4 is 0 Å². The van der Waals surface area contributed by atoms with Gasteiger partial charge in [0.2, 0.25) is 0 Å². The summed E-state index contributed by atoms with van der Waals surface area (Å²) in [7, 11) is 0. The summed E-state index contributed by atoms with van der Waals surface area (Å²) in [5.41, 5.74) is 6.16. The zero-order valence-electron chi connectivity index (χ0n) is 12.4. The van der Waals surface area contributed by atoms with E-state index >= 15 is 0 Å². The molecule has 0 saturated carbocycles. The Hall–Kier alpha value is -2.46. The molecule has 0 aliphatic carbocycles. The summed E-state index contributed by atoms with van der Waals surface area (Å²) in [6.07, 6.45) is 4.67.